The lowest BCUT2D eigenvalue weighted by molar-refractivity contribution is -0.126. The molecule has 3 rings (SSSR count). The van der Waals surface area contributed by atoms with E-state index in [0.29, 0.717) is 17.8 Å². The van der Waals surface area contributed by atoms with E-state index in [0.717, 1.165) is 39.1 Å². The van der Waals surface area contributed by atoms with Gasteiger partial charge in [-0.25, -0.2) is 4.39 Å². The van der Waals surface area contributed by atoms with E-state index in [9.17, 15) is 14.0 Å². The molecule has 1 atom stereocenters. The van der Waals surface area contributed by atoms with Gasteiger partial charge in [0.05, 0.1) is 5.92 Å². The smallest absolute Gasteiger partial charge is 0.228 e. The quantitative estimate of drug-likeness (QED) is 0.692. The summed E-state index contributed by atoms with van der Waals surface area (Å²) >= 11 is 0. The molecule has 0 aliphatic carbocycles. The predicted octanol–water partition coefficient (Wildman–Crippen LogP) is 0.663. The molecular formula is C17H23FN4O2. The summed E-state index contributed by atoms with van der Waals surface area (Å²) in [7, 11) is 0. The number of hydrogen-bond donors (Lipinski definition) is 3. The first-order valence-electron chi connectivity index (χ1n) is 8.43. The maximum absolute atomic E-state index is 13.3. The van der Waals surface area contributed by atoms with Gasteiger partial charge in [-0.2, -0.15) is 0 Å². The van der Waals surface area contributed by atoms with E-state index in [4.69, 9.17) is 0 Å². The van der Waals surface area contributed by atoms with Crippen molar-refractivity contribution in [3.05, 3.63) is 29.6 Å². The molecule has 1 fully saturated rings. The van der Waals surface area contributed by atoms with Gasteiger partial charge in [0.2, 0.25) is 11.8 Å². The van der Waals surface area contributed by atoms with Crippen LogP contribution >= 0.6 is 0 Å². The third-order valence-electron chi connectivity index (χ3n) is 4.53. The summed E-state index contributed by atoms with van der Waals surface area (Å²) in [5.41, 5.74) is 1.07. The van der Waals surface area contributed by atoms with Gasteiger partial charge in [-0.1, -0.05) is 6.07 Å². The molecule has 130 valence electrons. The lowest BCUT2D eigenvalue weighted by atomic mass is 9.89. The molecule has 0 radical (unpaired) electrons. The number of piperazine rings is 1. The van der Waals surface area contributed by atoms with Crippen LogP contribution in [0.5, 0.6) is 0 Å². The third-order valence-corrected chi connectivity index (χ3v) is 4.53. The molecule has 1 saturated heterocycles. The molecular weight excluding hydrogens is 311 g/mol. The summed E-state index contributed by atoms with van der Waals surface area (Å²) in [6, 6.07) is 4.16. The average molecular weight is 334 g/mol. The normalized spacial score (nSPS) is 21.0. The Labute approximate surface area is 140 Å². The Bertz CT molecular complexity index is 617. The predicted molar refractivity (Wildman–Crippen MR) is 89.3 cm³/mol. The Morgan fingerprint density at radius 1 is 1.33 bits per heavy atom. The van der Waals surface area contributed by atoms with Crippen LogP contribution in [0.3, 0.4) is 0 Å². The van der Waals surface area contributed by atoms with Crippen molar-refractivity contribution in [2.24, 2.45) is 0 Å². The number of carbonyl (C=O) groups excluding carboxylic acids is 2. The van der Waals surface area contributed by atoms with Gasteiger partial charge in [0.15, 0.2) is 0 Å². The second-order valence-electron chi connectivity index (χ2n) is 6.27. The van der Waals surface area contributed by atoms with Crippen LogP contribution in [0.1, 0.15) is 24.3 Å². The number of carbonyl (C=O) groups is 2. The molecule has 2 heterocycles. The van der Waals surface area contributed by atoms with Crippen molar-refractivity contribution < 1.29 is 14.0 Å². The lowest BCUT2D eigenvalue weighted by Gasteiger charge is -2.27. The monoisotopic (exact) mass is 334 g/mol. The van der Waals surface area contributed by atoms with Crippen LogP contribution in [0.15, 0.2) is 18.2 Å². The molecule has 2 amide bonds. The molecule has 1 aromatic carbocycles. The van der Waals surface area contributed by atoms with Crippen LogP contribution in [0.4, 0.5) is 10.1 Å². The number of nitrogens with one attached hydrogen (secondary N) is 3. The zero-order valence-corrected chi connectivity index (χ0v) is 13.6. The van der Waals surface area contributed by atoms with Crippen LogP contribution in [0, 0.1) is 5.82 Å². The molecule has 0 aromatic heterocycles. The van der Waals surface area contributed by atoms with Crippen molar-refractivity contribution in [3.8, 4) is 0 Å². The molecule has 3 N–H and O–H groups in total. The first-order chi connectivity index (χ1) is 11.6. The van der Waals surface area contributed by atoms with Crippen molar-refractivity contribution in [1.82, 2.24) is 15.5 Å². The van der Waals surface area contributed by atoms with Crippen molar-refractivity contribution >= 4 is 17.5 Å². The van der Waals surface area contributed by atoms with Crippen LogP contribution in [-0.2, 0) is 9.59 Å². The van der Waals surface area contributed by atoms with Gasteiger partial charge in [-0.15, -0.1) is 0 Å². The fourth-order valence-corrected chi connectivity index (χ4v) is 3.24. The number of anilines is 1. The number of rotatable bonds is 5. The molecule has 6 nitrogen and oxygen atoms in total. The van der Waals surface area contributed by atoms with Crippen molar-refractivity contribution in [1.29, 1.82) is 0 Å². The molecule has 7 heteroatoms. The Kier molecular flexibility index (Phi) is 5.42. The van der Waals surface area contributed by atoms with Crippen molar-refractivity contribution in [2.75, 3.05) is 44.6 Å². The largest absolute Gasteiger partial charge is 0.356 e. The fraction of sp³-hybridized carbons (Fsp3) is 0.529. The van der Waals surface area contributed by atoms with E-state index in [1.165, 1.54) is 12.1 Å². The van der Waals surface area contributed by atoms with Crippen molar-refractivity contribution in [3.63, 3.8) is 0 Å². The van der Waals surface area contributed by atoms with E-state index in [-0.39, 0.29) is 18.2 Å². The first-order valence-corrected chi connectivity index (χ1v) is 8.43. The zero-order valence-electron chi connectivity index (χ0n) is 13.6. The topological polar surface area (TPSA) is 73.5 Å². The highest BCUT2D eigenvalue weighted by molar-refractivity contribution is 6.01. The molecule has 1 unspecified atom stereocenters. The summed E-state index contributed by atoms with van der Waals surface area (Å²) < 4.78 is 13.3. The number of benzene rings is 1. The van der Waals surface area contributed by atoms with Gasteiger partial charge in [0, 0.05) is 44.8 Å². The molecule has 0 bridgehead atoms. The van der Waals surface area contributed by atoms with E-state index >= 15 is 0 Å². The van der Waals surface area contributed by atoms with Gasteiger partial charge < -0.3 is 20.9 Å². The van der Waals surface area contributed by atoms with E-state index < -0.39 is 11.7 Å². The fourth-order valence-electron chi connectivity index (χ4n) is 3.24. The molecule has 24 heavy (non-hydrogen) atoms. The molecule has 0 spiro atoms. The molecule has 1 aromatic rings. The molecule has 0 saturated carbocycles. The maximum Gasteiger partial charge on any atom is 0.228 e. The van der Waals surface area contributed by atoms with Gasteiger partial charge in [-0.3, -0.25) is 9.59 Å². The number of hydrogen-bond acceptors (Lipinski definition) is 4. The maximum atomic E-state index is 13.3. The first kappa shape index (κ1) is 16.9. The summed E-state index contributed by atoms with van der Waals surface area (Å²) in [6.45, 7) is 5.63. The van der Waals surface area contributed by atoms with E-state index in [1.807, 2.05) is 0 Å². The van der Waals surface area contributed by atoms with Crippen LogP contribution < -0.4 is 16.0 Å². The summed E-state index contributed by atoms with van der Waals surface area (Å²) in [4.78, 5) is 26.6. The SMILES string of the molecule is O=C1CC(C(=O)NCCCN2CCNCC2)c2ccc(F)cc2N1. The molecule has 2 aliphatic rings. The standard InChI is InChI=1S/C17H23FN4O2/c18-12-2-3-13-14(11-16(23)21-15(13)10-12)17(24)20-4-1-7-22-8-5-19-6-9-22/h2-3,10,14,19H,1,4-9,11H2,(H,20,24)(H,21,23). The summed E-state index contributed by atoms with van der Waals surface area (Å²) in [6.07, 6.45) is 0.975. The van der Waals surface area contributed by atoms with Crippen LogP contribution in [0.25, 0.3) is 0 Å². The summed E-state index contributed by atoms with van der Waals surface area (Å²) in [5.74, 6) is -1.40. The highest BCUT2D eigenvalue weighted by Gasteiger charge is 2.30. The highest BCUT2D eigenvalue weighted by atomic mass is 19.1. The van der Waals surface area contributed by atoms with Crippen LogP contribution in [0.2, 0.25) is 0 Å². The van der Waals surface area contributed by atoms with Gasteiger partial charge in [0.25, 0.3) is 0 Å². The lowest BCUT2D eigenvalue weighted by Crippen LogP contribution is -2.44. The van der Waals surface area contributed by atoms with Gasteiger partial charge in [-0.05, 0) is 30.7 Å². The minimum Gasteiger partial charge on any atom is -0.356 e. The summed E-state index contributed by atoms with van der Waals surface area (Å²) in [5, 5.41) is 8.85. The number of nitrogens with zero attached hydrogens (tertiary/aromatic N) is 1. The Hall–Kier alpha value is -1.99. The zero-order chi connectivity index (χ0) is 16.9. The third kappa shape index (κ3) is 4.10. The Morgan fingerprint density at radius 2 is 2.12 bits per heavy atom. The second kappa shape index (κ2) is 7.72. The number of amides is 2. The Balaban J connectivity index is 1.52. The number of halogens is 1. The highest BCUT2D eigenvalue weighted by Crippen LogP contribution is 2.32. The number of fused-ring (bicyclic) bond motifs is 1. The minimum atomic E-state index is -0.548. The minimum absolute atomic E-state index is 0.0995. The van der Waals surface area contributed by atoms with Gasteiger partial charge >= 0.3 is 0 Å². The van der Waals surface area contributed by atoms with E-state index in [2.05, 4.69) is 20.9 Å². The van der Waals surface area contributed by atoms with Crippen LogP contribution in [-0.4, -0.2) is 56.0 Å². The second-order valence-corrected chi connectivity index (χ2v) is 6.27. The van der Waals surface area contributed by atoms with E-state index in [1.54, 1.807) is 6.07 Å². The molecule has 2 aliphatic heterocycles. The van der Waals surface area contributed by atoms with Crippen molar-refractivity contribution in [2.45, 2.75) is 18.8 Å². The Morgan fingerprint density at radius 3 is 2.92 bits per heavy atom. The average Bonchev–Trinajstić information content (AvgIpc) is 2.58. The van der Waals surface area contributed by atoms with Gasteiger partial charge in [0.1, 0.15) is 5.82 Å².